The number of aromatic amines is 1. The molecule has 0 spiro atoms. The number of hydrogen-bond donors (Lipinski definition) is 2. The van der Waals surface area contributed by atoms with E-state index in [0.717, 1.165) is 0 Å². The van der Waals surface area contributed by atoms with E-state index in [4.69, 9.17) is 10.4 Å². The highest BCUT2D eigenvalue weighted by Crippen LogP contribution is 2.04. The summed E-state index contributed by atoms with van der Waals surface area (Å²) in [6.45, 7) is 0. The number of carboxylic acids is 1. The number of rotatable bonds is 2. The Kier molecular flexibility index (Phi) is 2.29. The number of nitriles is 1. The Balaban J connectivity index is 2.95. The maximum Gasteiger partial charge on any atom is 0.346 e. The summed E-state index contributed by atoms with van der Waals surface area (Å²) in [5.41, 5.74) is 0.406. The molecule has 0 aromatic carbocycles. The molecule has 0 amide bonds. The first-order chi connectivity index (χ1) is 5.74. The van der Waals surface area contributed by atoms with Crippen molar-refractivity contribution < 1.29 is 9.90 Å². The molecule has 60 valence electrons. The van der Waals surface area contributed by atoms with Gasteiger partial charge in [0, 0.05) is 12.4 Å². The van der Waals surface area contributed by atoms with Crippen LogP contribution in [0.15, 0.2) is 24.0 Å². The number of hydrogen-bond acceptors (Lipinski definition) is 2. The summed E-state index contributed by atoms with van der Waals surface area (Å²) in [6, 6.07) is 3.27. The Labute approximate surface area is 68.8 Å². The normalized spacial score (nSPS) is 10.8. The molecule has 0 fully saturated rings. The number of H-pyrrole nitrogens is 1. The molecule has 0 aliphatic rings. The Morgan fingerprint density at radius 1 is 1.75 bits per heavy atom. The molecule has 0 saturated carbocycles. The summed E-state index contributed by atoms with van der Waals surface area (Å²) in [7, 11) is 0. The fourth-order valence-corrected chi connectivity index (χ4v) is 0.735. The fourth-order valence-electron chi connectivity index (χ4n) is 0.735. The average molecular weight is 162 g/mol. The Morgan fingerprint density at radius 3 is 2.92 bits per heavy atom. The second kappa shape index (κ2) is 3.39. The highest BCUT2D eigenvalue weighted by Gasteiger charge is 2.04. The highest BCUT2D eigenvalue weighted by molar-refractivity contribution is 5.96. The first-order valence-corrected chi connectivity index (χ1v) is 3.22. The van der Waals surface area contributed by atoms with Crippen LogP contribution in [0.4, 0.5) is 0 Å². The van der Waals surface area contributed by atoms with Crippen molar-refractivity contribution in [2.75, 3.05) is 0 Å². The molecule has 1 rings (SSSR count). The number of carboxylic acid groups (broad SMARTS) is 1. The topological polar surface area (TPSA) is 76.9 Å². The van der Waals surface area contributed by atoms with Crippen molar-refractivity contribution in [3.05, 3.63) is 29.6 Å². The van der Waals surface area contributed by atoms with E-state index in [9.17, 15) is 4.79 Å². The molecular weight excluding hydrogens is 156 g/mol. The van der Waals surface area contributed by atoms with E-state index in [1.54, 1.807) is 24.5 Å². The van der Waals surface area contributed by atoms with Gasteiger partial charge in [-0.2, -0.15) is 5.26 Å². The van der Waals surface area contributed by atoms with Gasteiger partial charge >= 0.3 is 5.97 Å². The Bertz CT molecular complexity index is 344. The maximum atomic E-state index is 10.4. The van der Waals surface area contributed by atoms with Crippen molar-refractivity contribution in [3.8, 4) is 6.07 Å². The predicted octanol–water partition coefficient (Wildman–Crippen LogP) is 1.01. The molecule has 12 heavy (non-hydrogen) atoms. The van der Waals surface area contributed by atoms with Gasteiger partial charge in [-0.1, -0.05) is 0 Å². The van der Waals surface area contributed by atoms with Crippen molar-refractivity contribution in [1.82, 2.24) is 4.98 Å². The van der Waals surface area contributed by atoms with Crippen LogP contribution in [0.1, 0.15) is 5.56 Å². The zero-order valence-electron chi connectivity index (χ0n) is 6.11. The quantitative estimate of drug-likeness (QED) is 0.503. The van der Waals surface area contributed by atoms with Gasteiger partial charge < -0.3 is 10.1 Å². The summed E-state index contributed by atoms with van der Waals surface area (Å²) < 4.78 is 0. The van der Waals surface area contributed by atoms with Crippen LogP contribution < -0.4 is 0 Å². The van der Waals surface area contributed by atoms with E-state index in [-0.39, 0.29) is 5.57 Å². The minimum Gasteiger partial charge on any atom is -0.477 e. The summed E-state index contributed by atoms with van der Waals surface area (Å²) in [5.74, 6) is -1.21. The maximum absolute atomic E-state index is 10.4. The van der Waals surface area contributed by atoms with Crippen LogP contribution in [0.2, 0.25) is 0 Å². The van der Waals surface area contributed by atoms with Crippen LogP contribution >= 0.6 is 0 Å². The Morgan fingerprint density at radius 2 is 2.50 bits per heavy atom. The van der Waals surface area contributed by atoms with Gasteiger partial charge in [-0.3, -0.25) is 0 Å². The monoisotopic (exact) mass is 162 g/mol. The van der Waals surface area contributed by atoms with Crippen molar-refractivity contribution in [3.63, 3.8) is 0 Å². The molecule has 0 saturated heterocycles. The Hall–Kier alpha value is -2.02. The molecule has 2 N–H and O–H groups in total. The van der Waals surface area contributed by atoms with Crippen molar-refractivity contribution >= 4 is 12.0 Å². The third kappa shape index (κ3) is 1.73. The molecule has 0 unspecified atom stereocenters. The van der Waals surface area contributed by atoms with Crippen molar-refractivity contribution in [2.45, 2.75) is 0 Å². The number of nitrogens with one attached hydrogen (secondary N) is 1. The van der Waals surface area contributed by atoms with Gasteiger partial charge in [0.15, 0.2) is 0 Å². The van der Waals surface area contributed by atoms with Crippen molar-refractivity contribution in [2.24, 2.45) is 0 Å². The minimum absolute atomic E-state index is 0.269. The molecule has 1 aromatic rings. The smallest absolute Gasteiger partial charge is 0.346 e. The van der Waals surface area contributed by atoms with E-state index in [1.165, 1.54) is 6.08 Å². The van der Waals surface area contributed by atoms with Gasteiger partial charge in [-0.15, -0.1) is 0 Å². The van der Waals surface area contributed by atoms with Gasteiger partial charge in [0.25, 0.3) is 0 Å². The average Bonchev–Trinajstić information content (AvgIpc) is 2.51. The molecule has 1 aromatic heterocycles. The molecule has 0 aliphatic carbocycles. The lowest BCUT2D eigenvalue weighted by atomic mass is 10.2. The molecule has 0 radical (unpaired) electrons. The standard InChI is InChI=1S/C8H6N2O2/c9-4-7(8(11)12)3-6-1-2-10-5-6/h1-3,5,10H,(H,11,12). The molecule has 4 heteroatoms. The lowest BCUT2D eigenvalue weighted by molar-refractivity contribution is -0.132. The van der Waals surface area contributed by atoms with Gasteiger partial charge in [-0.25, -0.2) is 4.79 Å². The van der Waals surface area contributed by atoms with E-state index in [1.807, 2.05) is 0 Å². The van der Waals surface area contributed by atoms with E-state index in [0.29, 0.717) is 5.56 Å². The lowest BCUT2D eigenvalue weighted by Crippen LogP contribution is -1.96. The van der Waals surface area contributed by atoms with Crippen LogP contribution in [0.3, 0.4) is 0 Å². The minimum atomic E-state index is -1.21. The molecule has 0 aliphatic heterocycles. The molecule has 0 bridgehead atoms. The van der Waals surface area contributed by atoms with Gasteiger partial charge in [0.05, 0.1) is 0 Å². The molecule has 4 nitrogen and oxygen atoms in total. The van der Waals surface area contributed by atoms with E-state index < -0.39 is 5.97 Å². The zero-order chi connectivity index (χ0) is 8.97. The van der Waals surface area contributed by atoms with Crippen LogP contribution in [-0.2, 0) is 4.79 Å². The lowest BCUT2D eigenvalue weighted by Gasteiger charge is -1.86. The SMILES string of the molecule is N#CC(=Cc1cc[nH]c1)C(=O)O. The van der Waals surface area contributed by atoms with Crippen molar-refractivity contribution in [1.29, 1.82) is 5.26 Å². The van der Waals surface area contributed by atoms with Crippen LogP contribution in [0.5, 0.6) is 0 Å². The molecule has 0 atom stereocenters. The molecular formula is C8H6N2O2. The largest absolute Gasteiger partial charge is 0.477 e. The van der Waals surface area contributed by atoms with E-state index >= 15 is 0 Å². The summed E-state index contributed by atoms with van der Waals surface area (Å²) >= 11 is 0. The number of aromatic nitrogens is 1. The predicted molar refractivity (Wildman–Crippen MR) is 42.0 cm³/mol. The zero-order valence-corrected chi connectivity index (χ0v) is 6.11. The molecule has 1 heterocycles. The first-order valence-electron chi connectivity index (χ1n) is 3.22. The number of nitrogens with zero attached hydrogens (tertiary/aromatic N) is 1. The first kappa shape index (κ1) is 8.08. The third-order valence-corrected chi connectivity index (χ3v) is 1.28. The fraction of sp³-hybridized carbons (Fsp3) is 0. The second-order valence-electron chi connectivity index (χ2n) is 2.12. The summed E-state index contributed by atoms with van der Waals surface area (Å²) in [4.78, 5) is 13.1. The highest BCUT2D eigenvalue weighted by atomic mass is 16.4. The number of aliphatic carboxylic acids is 1. The summed E-state index contributed by atoms with van der Waals surface area (Å²) in [6.07, 6.45) is 4.57. The van der Waals surface area contributed by atoms with Gasteiger partial charge in [0.2, 0.25) is 0 Å². The van der Waals surface area contributed by atoms with Gasteiger partial charge in [0.1, 0.15) is 11.6 Å². The van der Waals surface area contributed by atoms with Crippen LogP contribution in [0, 0.1) is 11.3 Å². The van der Waals surface area contributed by atoms with Gasteiger partial charge in [-0.05, 0) is 17.7 Å². The number of carbonyl (C=O) groups is 1. The third-order valence-electron chi connectivity index (χ3n) is 1.28. The van der Waals surface area contributed by atoms with E-state index in [2.05, 4.69) is 4.98 Å². The second-order valence-corrected chi connectivity index (χ2v) is 2.12. The van der Waals surface area contributed by atoms with Crippen LogP contribution in [0.25, 0.3) is 6.08 Å². The van der Waals surface area contributed by atoms with Crippen LogP contribution in [-0.4, -0.2) is 16.1 Å². The summed E-state index contributed by atoms with van der Waals surface area (Å²) in [5, 5.41) is 16.9.